The quantitative estimate of drug-likeness (QED) is 0.780. The van der Waals surface area contributed by atoms with Crippen molar-refractivity contribution in [3.05, 3.63) is 53.6 Å². The van der Waals surface area contributed by atoms with Gasteiger partial charge in [0.15, 0.2) is 0 Å². The molecule has 2 rings (SSSR count). The van der Waals surface area contributed by atoms with E-state index in [0.29, 0.717) is 0 Å². The van der Waals surface area contributed by atoms with Crippen LogP contribution in [-0.4, -0.2) is 30.7 Å². The molecule has 2 heteroatoms. The molecule has 0 fully saturated rings. The van der Waals surface area contributed by atoms with Crippen molar-refractivity contribution in [3.63, 3.8) is 0 Å². The minimum atomic E-state index is 0.974. The number of rotatable bonds is 6. The third-order valence-electron chi connectivity index (χ3n) is 3.70. The van der Waals surface area contributed by atoms with Gasteiger partial charge in [-0.1, -0.05) is 62.4 Å². The molecule has 0 unspecified atom stereocenters. The molecular weight excluding hydrogens is 244 g/mol. The van der Waals surface area contributed by atoms with Gasteiger partial charge in [-0.25, -0.2) is 0 Å². The number of benzene rings is 2. The maximum absolute atomic E-state index is 7.49. The lowest BCUT2D eigenvalue weighted by molar-refractivity contribution is 0.338. The lowest BCUT2D eigenvalue weighted by Gasteiger charge is -2.15. The Balaban J connectivity index is 2.31. The molecule has 104 valence electrons. The van der Waals surface area contributed by atoms with Crippen LogP contribution in [0, 0.1) is 5.41 Å². The van der Waals surface area contributed by atoms with Gasteiger partial charge in [-0.2, -0.15) is 0 Å². The second kappa shape index (κ2) is 7.01. The molecule has 2 aromatic rings. The fraction of sp³-hybridized carbons (Fsp3) is 0.278. The van der Waals surface area contributed by atoms with Crippen LogP contribution in [0.15, 0.2) is 42.5 Å². The minimum Gasteiger partial charge on any atom is -0.308 e. The number of hydrogen-bond donors (Lipinski definition) is 1. The molecule has 0 saturated carbocycles. The number of nitrogens with one attached hydrogen (secondary N) is 1. The van der Waals surface area contributed by atoms with E-state index in [1.165, 1.54) is 17.2 Å². The van der Waals surface area contributed by atoms with E-state index in [-0.39, 0.29) is 0 Å². The molecule has 0 aliphatic rings. The first kappa shape index (κ1) is 14.5. The zero-order valence-corrected chi connectivity index (χ0v) is 12.3. The second-order valence-electron chi connectivity index (χ2n) is 4.82. The number of nitrogens with zero attached hydrogens (tertiary/aromatic N) is 1. The average molecular weight is 266 g/mol. The highest BCUT2D eigenvalue weighted by molar-refractivity contribution is 6.02. The molecule has 0 spiro atoms. The van der Waals surface area contributed by atoms with Crippen LogP contribution in [0.3, 0.4) is 0 Å². The fourth-order valence-electron chi connectivity index (χ4n) is 2.43. The van der Waals surface area contributed by atoms with Crippen molar-refractivity contribution in [1.29, 1.82) is 5.41 Å². The fourth-order valence-corrected chi connectivity index (χ4v) is 2.43. The van der Waals surface area contributed by atoms with E-state index in [0.717, 1.165) is 30.6 Å². The maximum atomic E-state index is 7.49. The van der Waals surface area contributed by atoms with Gasteiger partial charge in [0.05, 0.1) is 0 Å². The molecule has 2 nitrogen and oxygen atoms in total. The summed E-state index contributed by atoms with van der Waals surface area (Å²) in [6.07, 6.45) is 5.83. The third kappa shape index (κ3) is 3.14. The third-order valence-corrected chi connectivity index (χ3v) is 3.70. The van der Waals surface area contributed by atoms with Crippen molar-refractivity contribution < 1.29 is 0 Å². The standard InChI is InChI=1S/C18H22N2/c1-3-20(4-2)13-7-8-15-11-12-16(14-19)18-10-6-5-9-17(15)18/h5-12,14,19H,3-4,13H2,1-2H3/b8-7+,19-14?. The summed E-state index contributed by atoms with van der Waals surface area (Å²) in [5, 5.41) is 9.85. The van der Waals surface area contributed by atoms with Crippen LogP contribution in [0.5, 0.6) is 0 Å². The van der Waals surface area contributed by atoms with E-state index >= 15 is 0 Å². The zero-order valence-electron chi connectivity index (χ0n) is 12.3. The van der Waals surface area contributed by atoms with Gasteiger partial charge < -0.3 is 10.3 Å². The predicted molar refractivity (Wildman–Crippen MR) is 88.7 cm³/mol. The SMILES string of the molecule is CCN(CC)C/C=C/c1ccc(C=N)c2ccccc12. The Morgan fingerprint density at radius 1 is 0.950 bits per heavy atom. The van der Waals surface area contributed by atoms with Gasteiger partial charge >= 0.3 is 0 Å². The highest BCUT2D eigenvalue weighted by Crippen LogP contribution is 2.22. The molecule has 0 aliphatic heterocycles. The number of fused-ring (bicyclic) bond motifs is 1. The Kier molecular flexibility index (Phi) is 5.08. The first-order valence-electron chi connectivity index (χ1n) is 7.21. The molecule has 0 aliphatic carbocycles. The summed E-state index contributed by atoms with van der Waals surface area (Å²) in [7, 11) is 0. The predicted octanol–water partition coefficient (Wildman–Crippen LogP) is 4.19. The van der Waals surface area contributed by atoms with Crippen molar-refractivity contribution >= 4 is 23.1 Å². The van der Waals surface area contributed by atoms with Gasteiger partial charge in [0, 0.05) is 12.8 Å². The summed E-state index contributed by atoms with van der Waals surface area (Å²) >= 11 is 0. The Morgan fingerprint density at radius 2 is 1.55 bits per heavy atom. The highest BCUT2D eigenvalue weighted by atomic mass is 15.1. The van der Waals surface area contributed by atoms with Gasteiger partial charge in [0.2, 0.25) is 0 Å². The lowest BCUT2D eigenvalue weighted by atomic mass is 10.00. The van der Waals surface area contributed by atoms with E-state index in [4.69, 9.17) is 5.41 Å². The van der Waals surface area contributed by atoms with Crippen LogP contribution < -0.4 is 0 Å². The van der Waals surface area contributed by atoms with Crippen molar-refractivity contribution in [3.8, 4) is 0 Å². The van der Waals surface area contributed by atoms with Gasteiger partial charge in [0.25, 0.3) is 0 Å². The molecule has 1 N–H and O–H groups in total. The Bertz CT molecular complexity index is 610. The molecule has 20 heavy (non-hydrogen) atoms. The molecule has 0 bridgehead atoms. The Labute approximate surface area is 121 Å². The van der Waals surface area contributed by atoms with Gasteiger partial charge in [-0.05, 0) is 35.0 Å². The van der Waals surface area contributed by atoms with Crippen molar-refractivity contribution in [2.45, 2.75) is 13.8 Å². The molecule has 0 radical (unpaired) electrons. The maximum Gasteiger partial charge on any atom is 0.0256 e. The molecule has 0 atom stereocenters. The lowest BCUT2D eigenvalue weighted by Crippen LogP contribution is -2.22. The van der Waals surface area contributed by atoms with Crippen LogP contribution in [0.2, 0.25) is 0 Å². The van der Waals surface area contributed by atoms with E-state index in [2.05, 4.69) is 55.2 Å². The monoisotopic (exact) mass is 266 g/mol. The summed E-state index contributed by atoms with van der Waals surface area (Å²) in [5.74, 6) is 0. The molecule has 0 aromatic heterocycles. The van der Waals surface area contributed by atoms with Crippen LogP contribution in [-0.2, 0) is 0 Å². The Hall–Kier alpha value is -1.93. The summed E-state index contributed by atoms with van der Waals surface area (Å²) in [6, 6.07) is 12.4. The van der Waals surface area contributed by atoms with Gasteiger partial charge in [0.1, 0.15) is 0 Å². The van der Waals surface area contributed by atoms with Crippen LogP contribution in [0.1, 0.15) is 25.0 Å². The molecule has 0 saturated heterocycles. The summed E-state index contributed by atoms with van der Waals surface area (Å²) in [6.45, 7) is 7.51. The first-order valence-corrected chi connectivity index (χ1v) is 7.21. The van der Waals surface area contributed by atoms with E-state index in [1.807, 2.05) is 12.1 Å². The summed E-state index contributed by atoms with van der Waals surface area (Å²) in [4.78, 5) is 2.38. The van der Waals surface area contributed by atoms with Crippen molar-refractivity contribution in [2.24, 2.45) is 0 Å². The number of likely N-dealkylation sites (N-methyl/N-ethyl adjacent to an activating group) is 1. The van der Waals surface area contributed by atoms with Gasteiger partial charge in [-0.3, -0.25) is 0 Å². The van der Waals surface area contributed by atoms with E-state index in [1.54, 1.807) is 0 Å². The normalized spacial score (nSPS) is 11.6. The molecular formula is C18H22N2. The molecule has 0 heterocycles. The van der Waals surface area contributed by atoms with Crippen molar-refractivity contribution in [1.82, 2.24) is 4.90 Å². The van der Waals surface area contributed by atoms with Gasteiger partial charge in [-0.15, -0.1) is 0 Å². The molecule has 2 aromatic carbocycles. The summed E-state index contributed by atoms with van der Waals surface area (Å²) in [5.41, 5.74) is 2.19. The highest BCUT2D eigenvalue weighted by Gasteiger charge is 2.02. The number of hydrogen-bond acceptors (Lipinski definition) is 2. The second-order valence-corrected chi connectivity index (χ2v) is 4.82. The molecule has 0 amide bonds. The Morgan fingerprint density at radius 3 is 2.15 bits per heavy atom. The van der Waals surface area contributed by atoms with Crippen molar-refractivity contribution in [2.75, 3.05) is 19.6 Å². The summed E-state index contributed by atoms with van der Waals surface area (Å²) < 4.78 is 0. The minimum absolute atomic E-state index is 0.974. The first-order chi connectivity index (χ1) is 9.80. The van der Waals surface area contributed by atoms with Crippen LogP contribution >= 0.6 is 0 Å². The topological polar surface area (TPSA) is 27.1 Å². The van der Waals surface area contributed by atoms with Crippen LogP contribution in [0.25, 0.3) is 16.8 Å². The zero-order chi connectivity index (χ0) is 14.4. The van der Waals surface area contributed by atoms with E-state index in [9.17, 15) is 0 Å². The average Bonchev–Trinajstić information content (AvgIpc) is 2.51. The smallest absolute Gasteiger partial charge is 0.0256 e. The van der Waals surface area contributed by atoms with E-state index < -0.39 is 0 Å². The largest absolute Gasteiger partial charge is 0.308 e. The van der Waals surface area contributed by atoms with Crippen LogP contribution in [0.4, 0.5) is 0 Å².